The number of halogens is 1. The predicted molar refractivity (Wildman–Crippen MR) is 109 cm³/mol. The third-order valence-electron chi connectivity index (χ3n) is 4.24. The molecule has 3 heterocycles. The number of carbonyl (C=O) groups is 2. The Morgan fingerprint density at radius 3 is 2.71 bits per heavy atom. The van der Waals surface area contributed by atoms with Crippen molar-refractivity contribution in [3.63, 3.8) is 0 Å². The van der Waals surface area contributed by atoms with Gasteiger partial charge in [0.15, 0.2) is 0 Å². The van der Waals surface area contributed by atoms with Crippen LogP contribution in [0.2, 0.25) is 5.02 Å². The summed E-state index contributed by atoms with van der Waals surface area (Å²) in [6.07, 6.45) is 1.64. The summed E-state index contributed by atoms with van der Waals surface area (Å²) >= 11 is 7.57. The largest absolute Gasteiger partial charge is 0.357 e. The van der Waals surface area contributed by atoms with Crippen molar-refractivity contribution in [3.8, 4) is 0 Å². The summed E-state index contributed by atoms with van der Waals surface area (Å²) in [6, 6.07) is 12.7. The van der Waals surface area contributed by atoms with Crippen LogP contribution in [0.15, 0.2) is 48.7 Å². The lowest BCUT2D eigenvalue weighted by atomic mass is 10.2. The molecule has 0 saturated heterocycles. The molecule has 3 aromatic heterocycles. The maximum Gasteiger partial charge on any atom is 0.286 e. The van der Waals surface area contributed by atoms with E-state index in [1.54, 1.807) is 24.4 Å². The Labute approximate surface area is 169 Å². The molecule has 4 aromatic rings. The average Bonchev–Trinajstić information content (AvgIpc) is 3.41. The van der Waals surface area contributed by atoms with Gasteiger partial charge in [-0.2, -0.15) is 5.10 Å². The first-order valence-corrected chi connectivity index (χ1v) is 9.67. The van der Waals surface area contributed by atoms with Gasteiger partial charge in [0.1, 0.15) is 10.5 Å². The van der Waals surface area contributed by atoms with Crippen LogP contribution in [-0.2, 0) is 6.54 Å². The number of hydrazine groups is 1. The third-order valence-corrected chi connectivity index (χ3v) is 5.76. The Kier molecular flexibility index (Phi) is 4.89. The van der Waals surface area contributed by atoms with Gasteiger partial charge in [0.2, 0.25) is 0 Å². The van der Waals surface area contributed by atoms with Gasteiger partial charge in [0.05, 0.1) is 17.1 Å². The molecule has 1 aromatic carbocycles. The summed E-state index contributed by atoms with van der Waals surface area (Å²) in [4.78, 5) is 28.5. The molecule has 0 atom stereocenters. The standard InChI is InChI=1S/C19H16ClN5O2S/c1-11-13-9-16(18(27)23-22-17(26)15-7-4-8-21-15)28-19(13)25(24-11)10-12-5-2-3-6-14(12)20/h2-9,21H,10H2,1H3,(H,22,26)(H,23,27). The van der Waals surface area contributed by atoms with E-state index in [9.17, 15) is 9.59 Å². The number of nitrogens with zero attached hydrogens (tertiary/aromatic N) is 2. The van der Waals surface area contributed by atoms with Gasteiger partial charge in [-0.1, -0.05) is 29.8 Å². The molecule has 0 spiro atoms. The minimum atomic E-state index is -0.416. The van der Waals surface area contributed by atoms with Crippen molar-refractivity contribution in [2.45, 2.75) is 13.5 Å². The zero-order valence-corrected chi connectivity index (χ0v) is 16.4. The summed E-state index contributed by atoms with van der Waals surface area (Å²) in [5, 5.41) is 6.13. The van der Waals surface area contributed by atoms with Crippen molar-refractivity contribution in [1.82, 2.24) is 25.6 Å². The summed E-state index contributed by atoms with van der Waals surface area (Å²) < 4.78 is 1.84. The normalized spacial score (nSPS) is 10.9. The Bertz CT molecular complexity index is 1160. The highest BCUT2D eigenvalue weighted by molar-refractivity contribution is 7.20. The minimum Gasteiger partial charge on any atom is -0.357 e. The molecule has 28 heavy (non-hydrogen) atoms. The van der Waals surface area contributed by atoms with E-state index in [-0.39, 0.29) is 5.91 Å². The van der Waals surface area contributed by atoms with E-state index in [0.717, 1.165) is 21.5 Å². The molecule has 0 fully saturated rings. The minimum absolute atomic E-state index is 0.364. The molecule has 9 heteroatoms. The number of fused-ring (bicyclic) bond motifs is 1. The van der Waals surface area contributed by atoms with E-state index in [4.69, 9.17) is 11.6 Å². The van der Waals surface area contributed by atoms with Crippen molar-refractivity contribution in [2.24, 2.45) is 0 Å². The average molecular weight is 414 g/mol. The Morgan fingerprint density at radius 1 is 1.18 bits per heavy atom. The molecule has 142 valence electrons. The van der Waals surface area contributed by atoms with E-state index in [1.165, 1.54) is 11.3 Å². The van der Waals surface area contributed by atoms with Crippen molar-refractivity contribution >= 4 is 45.0 Å². The molecular formula is C19H16ClN5O2S. The molecule has 0 aliphatic rings. The van der Waals surface area contributed by atoms with Crippen molar-refractivity contribution in [3.05, 3.63) is 75.5 Å². The number of benzene rings is 1. The van der Waals surface area contributed by atoms with Crippen LogP contribution in [0.5, 0.6) is 0 Å². The van der Waals surface area contributed by atoms with Gasteiger partial charge >= 0.3 is 0 Å². The van der Waals surface area contributed by atoms with Crippen LogP contribution in [0, 0.1) is 6.92 Å². The highest BCUT2D eigenvalue weighted by Gasteiger charge is 2.17. The Balaban J connectivity index is 1.53. The van der Waals surface area contributed by atoms with Crippen LogP contribution in [0.1, 0.15) is 31.4 Å². The zero-order valence-electron chi connectivity index (χ0n) is 14.8. The van der Waals surface area contributed by atoms with Crippen LogP contribution in [0.25, 0.3) is 10.2 Å². The fourth-order valence-electron chi connectivity index (χ4n) is 2.83. The quantitative estimate of drug-likeness (QED) is 0.447. The number of hydrogen-bond donors (Lipinski definition) is 3. The lowest BCUT2D eigenvalue weighted by Gasteiger charge is -2.05. The monoisotopic (exact) mass is 413 g/mol. The van der Waals surface area contributed by atoms with Crippen LogP contribution >= 0.6 is 22.9 Å². The summed E-state index contributed by atoms with van der Waals surface area (Å²) in [5.74, 6) is -0.801. The fourth-order valence-corrected chi connectivity index (χ4v) is 4.09. The third kappa shape index (κ3) is 3.51. The van der Waals surface area contributed by atoms with E-state index in [2.05, 4.69) is 20.9 Å². The van der Waals surface area contributed by atoms with Crippen molar-refractivity contribution < 1.29 is 9.59 Å². The second kappa shape index (κ2) is 7.49. The number of rotatable bonds is 4. The number of aromatic amines is 1. The first kappa shape index (κ1) is 18.3. The van der Waals surface area contributed by atoms with Gasteiger partial charge < -0.3 is 4.98 Å². The molecule has 2 amide bonds. The number of hydrogen-bond acceptors (Lipinski definition) is 4. The second-order valence-corrected chi connectivity index (χ2v) is 7.59. The number of aryl methyl sites for hydroxylation is 1. The highest BCUT2D eigenvalue weighted by Crippen LogP contribution is 2.29. The number of carbonyl (C=O) groups excluding carboxylic acids is 2. The van der Waals surface area contributed by atoms with Crippen LogP contribution in [0.3, 0.4) is 0 Å². The van der Waals surface area contributed by atoms with Gasteiger partial charge in [-0.25, -0.2) is 0 Å². The molecule has 0 saturated carbocycles. The SMILES string of the molecule is Cc1nn(Cc2ccccc2Cl)c2sc(C(=O)NNC(=O)c3ccc[nH]3)cc12. The Hall–Kier alpha value is -3.10. The number of thiophene rings is 1. The van der Waals surface area contributed by atoms with Crippen molar-refractivity contribution in [1.29, 1.82) is 0 Å². The summed E-state index contributed by atoms with van der Waals surface area (Å²) in [6.45, 7) is 2.40. The zero-order chi connectivity index (χ0) is 19.7. The number of H-pyrrole nitrogens is 1. The van der Waals surface area contributed by atoms with Crippen LogP contribution < -0.4 is 10.9 Å². The van der Waals surface area contributed by atoms with E-state index >= 15 is 0 Å². The fraction of sp³-hybridized carbons (Fsp3) is 0.105. The summed E-state index contributed by atoms with van der Waals surface area (Å²) in [7, 11) is 0. The molecule has 0 bridgehead atoms. The van der Waals surface area contributed by atoms with Crippen LogP contribution in [-0.4, -0.2) is 26.6 Å². The Morgan fingerprint density at radius 2 is 1.96 bits per heavy atom. The number of aromatic nitrogens is 3. The van der Waals surface area contributed by atoms with Crippen LogP contribution in [0.4, 0.5) is 0 Å². The highest BCUT2D eigenvalue weighted by atomic mass is 35.5. The first-order chi connectivity index (χ1) is 13.5. The van der Waals surface area contributed by atoms with Gasteiger partial charge in [-0.05, 0) is 36.8 Å². The maximum absolute atomic E-state index is 12.4. The summed E-state index contributed by atoms with van der Waals surface area (Å²) in [5.41, 5.74) is 6.97. The smallest absolute Gasteiger partial charge is 0.286 e. The predicted octanol–water partition coefficient (Wildman–Crippen LogP) is 3.51. The molecule has 0 unspecified atom stereocenters. The molecule has 7 nitrogen and oxygen atoms in total. The van der Waals surface area contributed by atoms with E-state index in [1.807, 2.05) is 35.9 Å². The molecule has 0 radical (unpaired) electrons. The molecule has 0 aliphatic carbocycles. The molecule has 0 aliphatic heterocycles. The lowest BCUT2D eigenvalue weighted by molar-refractivity contribution is 0.0846. The van der Waals surface area contributed by atoms with Gasteiger partial charge in [-0.15, -0.1) is 11.3 Å². The van der Waals surface area contributed by atoms with Gasteiger partial charge in [-0.3, -0.25) is 25.1 Å². The molecule has 3 N–H and O–H groups in total. The number of amides is 2. The van der Waals surface area contributed by atoms with Crippen molar-refractivity contribution in [2.75, 3.05) is 0 Å². The van der Waals surface area contributed by atoms with E-state index < -0.39 is 5.91 Å². The molecule has 4 rings (SSSR count). The second-order valence-electron chi connectivity index (χ2n) is 6.16. The van der Waals surface area contributed by atoms with Gasteiger partial charge in [0.25, 0.3) is 11.8 Å². The van der Waals surface area contributed by atoms with Gasteiger partial charge in [0, 0.05) is 16.6 Å². The number of nitrogens with one attached hydrogen (secondary N) is 3. The maximum atomic E-state index is 12.4. The first-order valence-electron chi connectivity index (χ1n) is 8.47. The topological polar surface area (TPSA) is 91.8 Å². The lowest BCUT2D eigenvalue weighted by Crippen LogP contribution is -2.41. The van der Waals surface area contributed by atoms with E-state index in [0.29, 0.717) is 22.1 Å². The molecular weight excluding hydrogens is 398 g/mol.